The van der Waals surface area contributed by atoms with Crippen LogP contribution < -0.4 is 5.73 Å². The standard InChI is InChI=1S/C23H18F3N5O3/c1-13-10-16-12-28-19(30-17(16)18(27)29-13)15-5-3-4-14(11-15)6-7-22(8-9-31(2)20(22)32)34-21(33)23(24,25)26/h3-5,10-12H,8-9H2,1-2H3,(H2,27,29)/t22-/m0/s1. The van der Waals surface area contributed by atoms with Crippen LogP contribution in [0.4, 0.5) is 19.0 Å². The van der Waals surface area contributed by atoms with Gasteiger partial charge in [0.05, 0.1) is 0 Å². The Bertz CT molecular complexity index is 1380. The Balaban J connectivity index is 1.70. The number of carbonyl (C=O) groups excluding carboxylic acids is 2. The van der Waals surface area contributed by atoms with Crippen molar-refractivity contribution in [2.45, 2.75) is 25.1 Å². The zero-order valence-corrected chi connectivity index (χ0v) is 18.1. The predicted octanol–water partition coefficient (Wildman–Crippen LogP) is 2.64. The summed E-state index contributed by atoms with van der Waals surface area (Å²) in [5.74, 6) is 2.44. The van der Waals surface area contributed by atoms with Gasteiger partial charge in [0.15, 0.2) is 5.82 Å². The summed E-state index contributed by atoms with van der Waals surface area (Å²) in [6.45, 7) is 1.90. The number of nitrogen functional groups attached to an aromatic ring is 1. The third-order valence-electron chi connectivity index (χ3n) is 5.24. The number of aryl methyl sites for hydroxylation is 1. The Morgan fingerprint density at radius 2 is 2.03 bits per heavy atom. The number of hydrogen-bond donors (Lipinski definition) is 1. The number of carbonyl (C=O) groups is 2. The topological polar surface area (TPSA) is 111 Å². The molecule has 1 fully saturated rings. The summed E-state index contributed by atoms with van der Waals surface area (Å²) in [5, 5.41) is 0.724. The number of alkyl halides is 3. The molecule has 3 aromatic rings. The fourth-order valence-electron chi connectivity index (χ4n) is 3.54. The number of pyridine rings is 1. The molecule has 1 amide bonds. The van der Waals surface area contributed by atoms with Gasteiger partial charge >= 0.3 is 12.1 Å². The summed E-state index contributed by atoms with van der Waals surface area (Å²) in [6, 6.07) is 8.38. The molecule has 1 atom stereocenters. The Morgan fingerprint density at radius 3 is 2.71 bits per heavy atom. The van der Waals surface area contributed by atoms with Gasteiger partial charge in [0.25, 0.3) is 11.5 Å². The number of rotatable bonds is 2. The van der Waals surface area contributed by atoms with Gasteiger partial charge in [-0.15, -0.1) is 0 Å². The van der Waals surface area contributed by atoms with Gasteiger partial charge in [0.1, 0.15) is 11.3 Å². The molecule has 1 aliphatic rings. The quantitative estimate of drug-likeness (QED) is 0.454. The van der Waals surface area contributed by atoms with Crippen LogP contribution in [0.5, 0.6) is 0 Å². The smallest absolute Gasteiger partial charge is 0.429 e. The maximum atomic E-state index is 12.8. The van der Waals surface area contributed by atoms with Crippen LogP contribution in [0.15, 0.2) is 36.5 Å². The maximum absolute atomic E-state index is 12.8. The van der Waals surface area contributed by atoms with Crippen LogP contribution in [0.2, 0.25) is 0 Å². The van der Waals surface area contributed by atoms with Crippen LogP contribution >= 0.6 is 0 Å². The molecule has 0 aliphatic carbocycles. The molecule has 1 aliphatic heterocycles. The molecule has 8 nitrogen and oxygen atoms in total. The minimum Gasteiger partial charge on any atom is -0.429 e. The summed E-state index contributed by atoms with van der Waals surface area (Å²) in [4.78, 5) is 38.2. The van der Waals surface area contributed by atoms with Crippen molar-refractivity contribution < 1.29 is 27.5 Å². The van der Waals surface area contributed by atoms with Crippen molar-refractivity contribution in [2.75, 3.05) is 19.3 Å². The number of halogens is 3. The van der Waals surface area contributed by atoms with E-state index in [1.165, 1.54) is 7.05 Å². The molecule has 0 spiro atoms. The average molecular weight is 469 g/mol. The number of nitrogens with zero attached hydrogens (tertiary/aromatic N) is 4. The van der Waals surface area contributed by atoms with Crippen LogP contribution in [0.3, 0.4) is 0 Å². The minimum absolute atomic E-state index is 0.0958. The summed E-state index contributed by atoms with van der Waals surface area (Å²) >= 11 is 0. The van der Waals surface area contributed by atoms with Gasteiger partial charge in [0, 0.05) is 48.4 Å². The first-order valence-corrected chi connectivity index (χ1v) is 10.1. The van der Waals surface area contributed by atoms with E-state index in [4.69, 9.17) is 5.73 Å². The first-order valence-electron chi connectivity index (χ1n) is 10.1. The molecule has 2 N–H and O–H groups in total. The van der Waals surface area contributed by atoms with Crippen molar-refractivity contribution in [3.63, 3.8) is 0 Å². The molecule has 0 saturated carbocycles. The van der Waals surface area contributed by atoms with Gasteiger partial charge in [-0.25, -0.2) is 19.7 Å². The zero-order chi connectivity index (χ0) is 24.7. The lowest BCUT2D eigenvalue weighted by Crippen LogP contribution is -2.45. The molecule has 4 rings (SSSR count). The molecule has 3 heterocycles. The van der Waals surface area contributed by atoms with Gasteiger partial charge in [-0.05, 0) is 31.0 Å². The molecule has 1 aromatic carbocycles. The second-order valence-electron chi connectivity index (χ2n) is 7.80. The van der Waals surface area contributed by atoms with Crippen molar-refractivity contribution >= 4 is 28.6 Å². The zero-order valence-electron chi connectivity index (χ0n) is 18.1. The highest BCUT2D eigenvalue weighted by Crippen LogP contribution is 2.30. The molecular formula is C23H18F3N5O3. The second-order valence-corrected chi connectivity index (χ2v) is 7.80. The first kappa shape index (κ1) is 23.0. The van der Waals surface area contributed by atoms with Gasteiger partial charge < -0.3 is 15.4 Å². The van der Waals surface area contributed by atoms with E-state index in [0.29, 0.717) is 22.5 Å². The first-order chi connectivity index (χ1) is 16.0. The van der Waals surface area contributed by atoms with Crippen LogP contribution in [0.1, 0.15) is 17.7 Å². The van der Waals surface area contributed by atoms with E-state index in [1.54, 1.807) is 43.5 Å². The molecule has 1 saturated heterocycles. The number of nitrogens with two attached hydrogens (primary N) is 1. The number of hydrogen-bond acceptors (Lipinski definition) is 7. The highest BCUT2D eigenvalue weighted by molar-refractivity contribution is 5.94. The Morgan fingerprint density at radius 1 is 1.26 bits per heavy atom. The van der Waals surface area contributed by atoms with Crippen molar-refractivity contribution in [3.05, 3.63) is 47.8 Å². The largest absolute Gasteiger partial charge is 0.490 e. The van der Waals surface area contributed by atoms with E-state index in [2.05, 4.69) is 31.5 Å². The summed E-state index contributed by atoms with van der Waals surface area (Å²) < 4.78 is 42.9. The van der Waals surface area contributed by atoms with Gasteiger partial charge in [-0.1, -0.05) is 18.1 Å². The minimum atomic E-state index is -5.25. The Labute approximate surface area is 192 Å². The van der Waals surface area contributed by atoms with Crippen LogP contribution in [0, 0.1) is 18.8 Å². The van der Waals surface area contributed by atoms with Crippen LogP contribution in [0.25, 0.3) is 22.3 Å². The van der Waals surface area contributed by atoms with E-state index in [0.717, 1.165) is 16.0 Å². The number of likely N-dealkylation sites (N-methyl/N-ethyl adjacent to an activating group) is 1. The highest BCUT2D eigenvalue weighted by Gasteiger charge is 2.53. The van der Waals surface area contributed by atoms with E-state index >= 15 is 0 Å². The van der Waals surface area contributed by atoms with Crippen molar-refractivity contribution in [1.29, 1.82) is 0 Å². The highest BCUT2D eigenvalue weighted by atomic mass is 19.4. The third kappa shape index (κ3) is 4.34. The van der Waals surface area contributed by atoms with Crippen molar-refractivity contribution in [3.8, 4) is 23.2 Å². The van der Waals surface area contributed by atoms with Gasteiger partial charge in [0.2, 0.25) is 0 Å². The lowest BCUT2D eigenvalue weighted by Gasteiger charge is -2.22. The van der Waals surface area contributed by atoms with Gasteiger partial charge in [-0.3, -0.25) is 4.79 Å². The predicted molar refractivity (Wildman–Crippen MR) is 116 cm³/mol. The Hall–Kier alpha value is -4.20. The van der Waals surface area contributed by atoms with Crippen molar-refractivity contribution in [2.24, 2.45) is 0 Å². The number of aromatic nitrogens is 3. The fraction of sp³-hybridized carbons (Fsp3) is 0.261. The number of amides is 1. The number of fused-ring (bicyclic) bond motifs is 1. The van der Waals surface area contributed by atoms with E-state index in [-0.39, 0.29) is 18.8 Å². The SMILES string of the molecule is Cc1cc2cnc(-c3cccc(C#C[C@]4(OC(=O)C(F)(F)F)CCN(C)C4=O)c3)nc2c(N)n1. The lowest BCUT2D eigenvalue weighted by molar-refractivity contribution is -0.209. The van der Waals surface area contributed by atoms with Crippen molar-refractivity contribution in [1.82, 2.24) is 19.9 Å². The van der Waals surface area contributed by atoms with E-state index < -0.39 is 23.7 Å². The molecule has 0 unspecified atom stereocenters. The van der Waals surface area contributed by atoms with E-state index in [9.17, 15) is 22.8 Å². The lowest BCUT2D eigenvalue weighted by atomic mass is 10.0. The maximum Gasteiger partial charge on any atom is 0.490 e. The normalized spacial score (nSPS) is 18.0. The van der Waals surface area contributed by atoms with Crippen LogP contribution in [-0.4, -0.2) is 57.1 Å². The molecule has 2 aromatic heterocycles. The second kappa shape index (κ2) is 8.30. The third-order valence-corrected chi connectivity index (χ3v) is 5.24. The van der Waals surface area contributed by atoms with E-state index in [1.807, 2.05) is 0 Å². The Kier molecular flexibility index (Phi) is 5.61. The molecular weight excluding hydrogens is 451 g/mol. The number of esters is 1. The molecule has 174 valence electrons. The molecule has 0 bridgehead atoms. The average Bonchev–Trinajstić information content (AvgIpc) is 3.06. The fourth-order valence-corrected chi connectivity index (χ4v) is 3.54. The number of ether oxygens (including phenoxy) is 1. The van der Waals surface area contributed by atoms with Gasteiger partial charge in [-0.2, -0.15) is 13.2 Å². The molecule has 0 radical (unpaired) electrons. The van der Waals surface area contributed by atoms with Crippen LogP contribution in [-0.2, 0) is 14.3 Å². The number of anilines is 1. The summed E-state index contributed by atoms with van der Waals surface area (Å²) in [5.41, 5.74) is 5.89. The summed E-state index contributed by atoms with van der Waals surface area (Å²) in [6.07, 6.45) is -3.82. The number of likely N-dealkylation sites (tertiary alicyclic amines) is 1. The molecule has 11 heteroatoms. The molecule has 34 heavy (non-hydrogen) atoms. The number of benzene rings is 1. The summed E-state index contributed by atoms with van der Waals surface area (Å²) in [7, 11) is 1.40. The monoisotopic (exact) mass is 469 g/mol.